The van der Waals surface area contributed by atoms with Crippen LogP contribution in [-0.2, 0) is 5.60 Å². The zero-order valence-corrected chi connectivity index (χ0v) is 14.2. The van der Waals surface area contributed by atoms with E-state index in [0.717, 1.165) is 0 Å². The summed E-state index contributed by atoms with van der Waals surface area (Å²) in [6, 6.07) is 6.85. The molecule has 0 saturated carbocycles. The summed E-state index contributed by atoms with van der Waals surface area (Å²) < 4.78 is 6.73. The fourth-order valence-electron chi connectivity index (χ4n) is 2.79. The first-order chi connectivity index (χ1) is 11.8. The van der Waals surface area contributed by atoms with E-state index in [-0.39, 0.29) is 12.1 Å². The Balaban J connectivity index is 1.82. The van der Waals surface area contributed by atoms with Crippen LogP contribution in [0.4, 0.5) is 0 Å². The summed E-state index contributed by atoms with van der Waals surface area (Å²) in [5, 5.41) is 13.2. The monoisotopic (exact) mass is 341 g/mol. The van der Waals surface area contributed by atoms with Gasteiger partial charge in [0.25, 0.3) is 11.5 Å². The van der Waals surface area contributed by atoms with E-state index >= 15 is 0 Å². The normalized spacial score (nSPS) is 13.6. The first-order valence-corrected chi connectivity index (χ1v) is 7.84. The van der Waals surface area contributed by atoms with Crippen molar-refractivity contribution in [3.63, 3.8) is 0 Å². The summed E-state index contributed by atoms with van der Waals surface area (Å²) in [7, 11) is 0. The molecule has 0 saturated heterocycles. The number of aromatic nitrogens is 2. The van der Waals surface area contributed by atoms with Gasteiger partial charge in [0.2, 0.25) is 0 Å². The number of pyridine rings is 1. The number of furan rings is 1. The van der Waals surface area contributed by atoms with Gasteiger partial charge in [0.05, 0.1) is 6.54 Å². The van der Waals surface area contributed by atoms with Gasteiger partial charge in [0.1, 0.15) is 28.3 Å². The second kappa shape index (κ2) is 6.18. The van der Waals surface area contributed by atoms with E-state index in [0.29, 0.717) is 22.7 Å². The zero-order valence-electron chi connectivity index (χ0n) is 14.2. The molecule has 3 aromatic rings. The number of amides is 1. The minimum Gasteiger partial charge on any atom is -0.466 e. The van der Waals surface area contributed by atoms with Gasteiger partial charge in [-0.3, -0.25) is 14.0 Å². The highest BCUT2D eigenvalue weighted by molar-refractivity contribution is 5.93. The third-order valence-electron chi connectivity index (χ3n) is 4.07. The van der Waals surface area contributed by atoms with E-state index in [2.05, 4.69) is 10.3 Å². The number of aryl methyl sites for hydroxylation is 2. The molecule has 3 rings (SSSR count). The second-order valence-electron chi connectivity index (χ2n) is 6.19. The van der Waals surface area contributed by atoms with Crippen LogP contribution in [0.25, 0.3) is 5.65 Å². The van der Waals surface area contributed by atoms with Gasteiger partial charge in [-0.05, 0) is 39.0 Å². The lowest BCUT2D eigenvalue weighted by Crippen LogP contribution is -2.40. The Hall–Kier alpha value is -2.93. The highest BCUT2D eigenvalue weighted by Crippen LogP contribution is 2.26. The number of nitrogens with zero attached hydrogens (tertiary/aromatic N) is 2. The van der Waals surface area contributed by atoms with Crippen LogP contribution in [0.2, 0.25) is 0 Å². The van der Waals surface area contributed by atoms with Crippen molar-refractivity contribution in [1.29, 1.82) is 0 Å². The molecular formula is C18H19N3O4. The highest BCUT2D eigenvalue weighted by atomic mass is 16.3. The molecule has 0 aliphatic carbocycles. The summed E-state index contributed by atoms with van der Waals surface area (Å²) in [6.45, 7) is 5.05. The molecule has 3 heterocycles. The molecule has 0 aliphatic heterocycles. The Bertz CT molecular complexity index is 1000. The van der Waals surface area contributed by atoms with Crippen molar-refractivity contribution in [1.82, 2.24) is 14.7 Å². The lowest BCUT2D eigenvalue weighted by Gasteiger charge is -2.23. The van der Waals surface area contributed by atoms with E-state index < -0.39 is 17.1 Å². The first kappa shape index (κ1) is 16.9. The Kier molecular flexibility index (Phi) is 4.18. The lowest BCUT2D eigenvalue weighted by atomic mass is 9.96. The van der Waals surface area contributed by atoms with Crippen LogP contribution in [0.5, 0.6) is 0 Å². The maximum Gasteiger partial charge on any atom is 0.270 e. The number of nitrogens with one attached hydrogen (secondary N) is 1. The third-order valence-corrected chi connectivity index (χ3v) is 4.07. The van der Waals surface area contributed by atoms with E-state index in [4.69, 9.17) is 4.42 Å². The van der Waals surface area contributed by atoms with E-state index in [1.54, 1.807) is 51.2 Å². The van der Waals surface area contributed by atoms with Gasteiger partial charge in [-0.2, -0.15) is 0 Å². The van der Waals surface area contributed by atoms with Gasteiger partial charge in [-0.1, -0.05) is 6.07 Å². The average molecular weight is 341 g/mol. The number of aliphatic hydroxyl groups is 1. The molecule has 0 bridgehead atoms. The maximum atomic E-state index is 12.4. The van der Waals surface area contributed by atoms with Crippen molar-refractivity contribution >= 4 is 11.6 Å². The van der Waals surface area contributed by atoms with E-state index in [1.165, 1.54) is 10.6 Å². The van der Waals surface area contributed by atoms with Gasteiger partial charge >= 0.3 is 0 Å². The highest BCUT2D eigenvalue weighted by Gasteiger charge is 2.28. The molecule has 0 radical (unpaired) electrons. The Labute approximate surface area is 143 Å². The Morgan fingerprint density at radius 2 is 2.16 bits per heavy atom. The van der Waals surface area contributed by atoms with Crippen molar-refractivity contribution in [3.05, 3.63) is 69.7 Å². The topological polar surface area (TPSA) is 96.8 Å². The van der Waals surface area contributed by atoms with E-state index in [9.17, 15) is 14.7 Å². The summed E-state index contributed by atoms with van der Waals surface area (Å²) in [6.07, 6.45) is 2.80. The van der Waals surface area contributed by atoms with Crippen LogP contribution in [0.3, 0.4) is 0 Å². The molecular weight excluding hydrogens is 322 g/mol. The van der Waals surface area contributed by atoms with Gasteiger partial charge < -0.3 is 14.8 Å². The molecule has 3 aromatic heterocycles. The first-order valence-electron chi connectivity index (χ1n) is 7.84. The van der Waals surface area contributed by atoms with Gasteiger partial charge in [0, 0.05) is 18.0 Å². The number of fused-ring (bicyclic) bond motifs is 1. The average Bonchev–Trinajstić information content (AvgIpc) is 2.93. The largest absolute Gasteiger partial charge is 0.466 e. The summed E-state index contributed by atoms with van der Waals surface area (Å²) in [4.78, 5) is 28.9. The Morgan fingerprint density at radius 3 is 2.84 bits per heavy atom. The maximum absolute atomic E-state index is 12.4. The smallest absolute Gasteiger partial charge is 0.270 e. The predicted octanol–water partition coefficient (Wildman–Crippen LogP) is 1.54. The fourth-order valence-corrected chi connectivity index (χ4v) is 2.79. The molecule has 1 amide bonds. The quantitative estimate of drug-likeness (QED) is 0.750. The second-order valence-corrected chi connectivity index (χ2v) is 6.19. The summed E-state index contributed by atoms with van der Waals surface area (Å²) in [5.41, 5.74) is -0.810. The molecule has 25 heavy (non-hydrogen) atoms. The van der Waals surface area contributed by atoms with Crippen molar-refractivity contribution in [2.24, 2.45) is 0 Å². The fraction of sp³-hybridized carbons (Fsp3) is 0.278. The van der Waals surface area contributed by atoms with Crippen LogP contribution >= 0.6 is 0 Å². The molecule has 7 heteroatoms. The predicted molar refractivity (Wildman–Crippen MR) is 91.5 cm³/mol. The molecule has 0 fully saturated rings. The van der Waals surface area contributed by atoms with Crippen molar-refractivity contribution in [2.75, 3.05) is 6.54 Å². The number of hydrogen-bond donors (Lipinski definition) is 2. The molecule has 0 aromatic carbocycles. The molecule has 7 nitrogen and oxygen atoms in total. The van der Waals surface area contributed by atoms with Gasteiger partial charge in [0.15, 0.2) is 0 Å². The molecule has 0 aliphatic rings. The minimum absolute atomic E-state index is 0.0669. The number of hydrogen-bond acceptors (Lipinski definition) is 5. The lowest BCUT2D eigenvalue weighted by molar-refractivity contribution is 0.0513. The number of rotatable bonds is 4. The molecule has 130 valence electrons. The number of carbonyl (C=O) groups excluding carboxylic acids is 1. The summed E-state index contributed by atoms with van der Waals surface area (Å²) >= 11 is 0. The van der Waals surface area contributed by atoms with Crippen molar-refractivity contribution < 1.29 is 14.3 Å². The standard InChI is InChI=1S/C18H19N3O4/c1-11-8-14(12(2)25-11)18(3,24)10-20-16(22)13-9-19-15-6-4-5-7-21(15)17(13)23/h4-9,24H,10H2,1-3H3,(H,20,22). The van der Waals surface area contributed by atoms with Gasteiger partial charge in [-0.15, -0.1) is 0 Å². The molecule has 1 atom stereocenters. The van der Waals surface area contributed by atoms with Crippen LogP contribution in [0.15, 0.2) is 45.9 Å². The van der Waals surface area contributed by atoms with Crippen LogP contribution in [-0.4, -0.2) is 26.9 Å². The van der Waals surface area contributed by atoms with Crippen LogP contribution < -0.4 is 10.9 Å². The van der Waals surface area contributed by atoms with Gasteiger partial charge in [-0.25, -0.2) is 4.98 Å². The van der Waals surface area contributed by atoms with Crippen LogP contribution in [0.1, 0.15) is 34.4 Å². The van der Waals surface area contributed by atoms with E-state index in [1.807, 2.05) is 0 Å². The molecule has 0 spiro atoms. The minimum atomic E-state index is -1.32. The molecule has 2 N–H and O–H groups in total. The zero-order chi connectivity index (χ0) is 18.2. The van der Waals surface area contributed by atoms with Crippen molar-refractivity contribution in [3.8, 4) is 0 Å². The summed E-state index contributed by atoms with van der Waals surface area (Å²) in [5.74, 6) is 0.675. The van der Waals surface area contributed by atoms with Crippen LogP contribution in [0, 0.1) is 13.8 Å². The number of carbonyl (C=O) groups is 1. The van der Waals surface area contributed by atoms with Crippen molar-refractivity contribution in [2.45, 2.75) is 26.4 Å². The SMILES string of the molecule is Cc1cc(C(C)(O)CNC(=O)c2cnc3ccccn3c2=O)c(C)o1. The Morgan fingerprint density at radius 1 is 1.40 bits per heavy atom. The third kappa shape index (κ3) is 3.18. The molecule has 1 unspecified atom stereocenters.